The summed E-state index contributed by atoms with van der Waals surface area (Å²) in [6.07, 6.45) is -14.7. The highest BCUT2D eigenvalue weighted by molar-refractivity contribution is 5.36. The summed E-state index contributed by atoms with van der Waals surface area (Å²) >= 11 is 0. The van der Waals surface area contributed by atoms with Gasteiger partial charge < -0.3 is 0 Å². The molecular formula is C15F24. The van der Waals surface area contributed by atoms with Crippen LogP contribution in [0.25, 0.3) is 0 Å². The Labute approximate surface area is 195 Å². The highest BCUT2D eigenvalue weighted by atomic mass is 19.4. The average molecular weight is 636 g/mol. The standard InChI is InChI=1S/C15F24/c16-3-1(4(17)6(19)2(5(3)18)8(22,23)24)7(20,21)9(25,26)10(27,28)11(29,30)12(31,32)13(33,34)14(35,36)15(37,38)39. The maximum Gasteiger partial charge on any atom is 0.460 e. The van der Waals surface area contributed by atoms with Gasteiger partial charge in [0.2, 0.25) is 0 Å². The third-order valence-corrected chi connectivity index (χ3v) is 4.58. The first-order valence-corrected chi connectivity index (χ1v) is 8.29. The largest absolute Gasteiger partial charge is 0.460 e. The van der Waals surface area contributed by atoms with Gasteiger partial charge >= 0.3 is 53.8 Å². The number of halogens is 24. The first-order chi connectivity index (χ1) is 16.6. The smallest absolute Gasteiger partial charge is 0.203 e. The molecule has 228 valence electrons. The lowest BCUT2D eigenvalue weighted by molar-refractivity contribution is -0.463. The van der Waals surface area contributed by atoms with Crippen molar-refractivity contribution in [2.45, 2.75) is 53.8 Å². The lowest BCUT2D eigenvalue weighted by Gasteiger charge is -2.42. The molecule has 0 radical (unpaired) electrons. The van der Waals surface area contributed by atoms with E-state index in [0.717, 1.165) is 0 Å². The van der Waals surface area contributed by atoms with Crippen LogP contribution in [0.1, 0.15) is 11.1 Å². The van der Waals surface area contributed by atoms with Crippen molar-refractivity contribution in [1.82, 2.24) is 0 Å². The Hall–Kier alpha value is -2.46. The second-order valence-electron chi connectivity index (χ2n) is 7.02. The molecule has 0 nitrogen and oxygen atoms in total. The minimum atomic E-state index is -9.21. The summed E-state index contributed by atoms with van der Waals surface area (Å²) in [5, 5.41) is 0. The van der Waals surface area contributed by atoms with E-state index < -0.39 is 88.2 Å². The van der Waals surface area contributed by atoms with E-state index in [1.165, 1.54) is 0 Å². The van der Waals surface area contributed by atoms with Gasteiger partial charge in [-0.1, -0.05) is 0 Å². The zero-order chi connectivity index (χ0) is 32.0. The minimum absolute atomic E-state index is 3.88. The van der Waals surface area contributed by atoms with Crippen LogP contribution < -0.4 is 0 Å². The molecule has 0 N–H and O–H groups in total. The summed E-state index contributed by atoms with van der Waals surface area (Å²) in [5.41, 5.74) is -8.56. The Morgan fingerprint density at radius 3 is 0.769 bits per heavy atom. The number of rotatable bonds is 7. The van der Waals surface area contributed by atoms with Crippen molar-refractivity contribution in [1.29, 1.82) is 0 Å². The van der Waals surface area contributed by atoms with Crippen LogP contribution in [0.4, 0.5) is 105 Å². The van der Waals surface area contributed by atoms with Crippen LogP contribution in [0, 0.1) is 23.3 Å². The van der Waals surface area contributed by atoms with Crippen molar-refractivity contribution < 1.29 is 105 Å². The van der Waals surface area contributed by atoms with E-state index in [4.69, 9.17) is 0 Å². The molecule has 24 heteroatoms. The molecule has 0 bridgehead atoms. The zero-order valence-electron chi connectivity index (χ0n) is 16.6. The third-order valence-electron chi connectivity index (χ3n) is 4.58. The van der Waals surface area contributed by atoms with E-state index in [2.05, 4.69) is 0 Å². The summed E-state index contributed by atoms with van der Waals surface area (Å²) in [4.78, 5) is 0. The van der Waals surface area contributed by atoms with E-state index in [1.54, 1.807) is 0 Å². The van der Waals surface area contributed by atoms with Crippen LogP contribution in [0.5, 0.6) is 0 Å². The molecule has 0 atom stereocenters. The quantitative estimate of drug-likeness (QED) is 0.208. The Balaban J connectivity index is 4.02. The predicted molar refractivity (Wildman–Crippen MR) is 70.9 cm³/mol. The van der Waals surface area contributed by atoms with Crippen molar-refractivity contribution in [3.8, 4) is 0 Å². The fraction of sp³-hybridized carbons (Fsp3) is 0.600. The van der Waals surface area contributed by atoms with E-state index >= 15 is 0 Å². The van der Waals surface area contributed by atoms with Gasteiger partial charge in [0.25, 0.3) is 0 Å². The predicted octanol–water partition coefficient (Wildman–Crippen LogP) is 8.73. The lowest BCUT2D eigenvalue weighted by Crippen LogP contribution is -2.74. The number of hydrogen-bond donors (Lipinski definition) is 0. The summed E-state index contributed by atoms with van der Waals surface area (Å²) in [6, 6.07) is 0. The average Bonchev–Trinajstić information content (AvgIpc) is 2.69. The Morgan fingerprint density at radius 1 is 0.282 bits per heavy atom. The molecule has 0 amide bonds. The Morgan fingerprint density at radius 2 is 0.513 bits per heavy atom. The van der Waals surface area contributed by atoms with Gasteiger partial charge in [0.05, 0.1) is 0 Å². The van der Waals surface area contributed by atoms with Gasteiger partial charge in [-0.2, -0.15) is 87.8 Å². The second kappa shape index (κ2) is 8.77. The molecule has 0 fully saturated rings. The molecule has 39 heavy (non-hydrogen) atoms. The minimum Gasteiger partial charge on any atom is -0.203 e. The molecule has 1 rings (SSSR count). The molecule has 0 saturated carbocycles. The molecule has 0 unspecified atom stereocenters. The van der Waals surface area contributed by atoms with Gasteiger partial charge in [0, 0.05) is 0 Å². The number of alkyl halides is 20. The number of hydrogen-bond acceptors (Lipinski definition) is 0. The molecular weight excluding hydrogens is 636 g/mol. The van der Waals surface area contributed by atoms with Crippen molar-refractivity contribution >= 4 is 0 Å². The Bertz CT molecular complexity index is 1070. The molecule has 0 saturated heterocycles. The van der Waals surface area contributed by atoms with Crippen LogP contribution in [-0.2, 0) is 12.1 Å². The summed E-state index contributed by atoms with van der Waals surface area (Å²) < 4.78 is 316. The summed E-state index contributed by atoms with van der Waals surface area (Å²) in [7, 11) is 0. The van der Waals surface area contributed by atoms with Crippen LogP contribution in [0.2, 0.25) is 0 Å². The monoisotopic (exact) mass is 636 g/mol. The van der Waals surface area contributed by atoms with Crippen LogP contribution in [0.15, 0.2) is 0 Å². The first kappa shape index (κ1) is 34.6. The SMILES string of the molecule is Fc1c(F)c(C(F)(F)C(F)(F)C(F)(F)C(F)(F)C(F)(F)C(F)(F)C(F)(F)C(F)(F)F)c(F)c(F)c1C(F)(F)F. The van der Waals surface area contributed by atoms with Gasteiger partial charge in [-0.15, -0.1) is 0 Å². The van der Waals surface area contributed by atoms with E-state index in [1.807, 2.05) is 0 Å². The Kier molecular flexibility index (Phi) is 7.77. The second-order valence-corrected chi connectivity index (χ2v) is 7.02. The van der Waals surface area contributed by atoms with E-state index in [0.29, 0.717) is 0 Å². The van der Waals surface area contributed by atoms with Crippen molar-refractivity contribution in [3.05, 3.63) is 34.4 Å². The van der Waals surface area contributed by atoms with Gasteiger partial charge in [-0.05, 0) is 0 Å². The van der Waals surface area contributed by atoms with Gasteiger partial charge in [0.1, 0.15) is 11.1 Å². The van der Waals surface area contributed by atoms with Gasteiger partial charge in [0.15, 0.2) is 23.3 Å². The van der Waals surface area contributed by atoms with Crippen molar-refractivity contribution in [2.24, 2.45) is 0 Å². The molecule has 1 aromatic carbocycles. The van der Waals surface area contributed by atoms with E-state index in [-0.39, 0.29) is 0 Å². The summed E-state index contributed by atoms with van der Waals surface area (Å²) in [6.45, 7) is 0. The van der Waals surface area contributed by atoms with Crippen molar-refractivity contribution in [2.75, 3.05) is 0 Å². The number of benzene rings is 1. The highest BCUT2D eigenvalue weighted by Gasteiger charge is 2.95. The first-order valence-electron chi connectivity index (χ1n) is 8.29. The fourth-order valence-electron chi connectivity index (χ4n) is 2.48. The maximum atomic E-state index is 14.0. The van der Waals surface area contributed by atoms with E-state index in [9.17, 15) is 105 Å². The van der Waals surface area contributed by atoms with Crippen LogP contribution in [0.3, 0.4) is 0 Å². The molecule has 0 aliphatic rings. The van der Waals surface area contributed by atoms with Crippen molar-refractivity contribution in [3.63, 3.8) is 0 Å². The fourth-order valence-corrected chi connectivity index (χ4v) is 2.48. The molecule has 0 aromatic heterocycles. The topological polar surface area (TPSA) is 0 Å². The maximum absolute atomic E-state index is 14.0. The van der Waals surface area contributed by atoms with Crippen LogP contribution in [-0.4, -0.2) is 41.7 Å². The third kappa shape index (κ3) is 4.29. The molecule has 1 aromatic rings. The highest BCUT2D eigenvalue weighted by Crippen LogP contribution is 2.65. The molecule has 0 heterocycles. The van der Waals surface area contributed by atoms with Gasteiger partial charge in [-0.25, -0.2) is 17.6 Å². The van der Waals surface area contributed by atoms with Crippen LogP contribution >= 0.6 is 0 Å². The molecule has 0 spiro atoms. The summed E-state index contributed by atoms with van der Waals surface area (Å²) in [5.74, 6) is -79.1. The van der Waals surface area contributed by atoms with Gasteiger partial charge in [-0.3, -0.25) is 0 Å². The molecule has 0 aliphatic carbocycles. The zero-order valence-corrected chi connectivity index (χ0v) is 16.6. The lowest BCUT2D eigenvalue weighted by atomic mass is 9.86. The molecule has 0 aliphatic heterocycles. The normalized spacial score (nSPS) is 15.7.